The number of hydrogen-bond acceptors (Lipinski definition) is 2. The molecule has 19 heavy (non-hydrogen) atoms. The molecule has 2 heteroatoms. The number of carbonyl (C=O) groups excluding carboxylic acids is 1. The van der Waals surface area contributed by atoms with E-state index in [-0.39, 0.29) is 11.7 Å². The van der Waals surface area contributed by atoms with Gasteiger partial charge in [0, 0.05) is 6.08 Å². The second-order valence-electron chi connectivity index (χ2n) is 4.38. The lowest BCUT2D eigenvalue weighted by Crippen LogP contribution is -2.19. The Morgan fingerprint density at radius 1 is 1.32 bits per heavy atom. The summed E-state index contributed by atoms with van der Waals surface area (Å²) in [4.78, 5) is 11.8. The average molecular weight is 253 g/mol. The minimum atomic E-state index is -0.232. The molecule has 1 aliphatic rings. The first-order valence-electron chi connectivity index (χ1n) is 6.43. The normalized spacial score (nSPS) is 18.7. The van der Waals surface area contributed by atoms with Gasteiger partial charge in [-0.05, 0) is 31.1 Å². The average Bonchev–Trinajstić information content (AvgIpc) is 2.45. The topological polar surface area (TPSA) is 26.3 Å². The van der Waals surface area contributed by atoms with Crippen LogP contribution in [0.1, 0.15) is 18.9 Å². The number of hydrogen-bond donors (Lipinski definition) is 0. The van der Waals surface area contributed by atoms with Gasteiger partial charge in [0.05, 0.1) is 5.92 Å². The number of allylic oxidation sites excluding steroid dienone is 6. The van der Waals surface area contributed by atoms with E-state index in [9.17, 15) is 4.79 Å². The molecule has 1 aliphatic carbocycles. The lowest BCUT2D eigenvalue weighted by Gasteiger charge is -2.19. The Bertz CT molecular complexity index is 509. The van der Waals surface area contributed by atoms with E-state index >= 15 is 0 Å². The van der Waals surface area contributed by atoms with Crippen LogP contribution in [0.4, 0.5) is 0 Å². The third kappa shape index (κ3) is 3.68. The number of benzene rings is 1. The molecule has 1 radical (unpaired) electrons. The molecule has 0 saturated heterocycles. The van der Waals surface area contributed by atoms with E-state index in [0.717, 1.165) is 11.3 Å². The molecule has 2 nitrogen and oxygen atoms in total. The molecule has 0 N–H and O–H groups in total. The van der Waals surface area contributed by atoms with Crippen LogP contribution in [0.25, 0.3) is 0 Å². The van der Waals surface area contributed by atoms with Crippen molar-refractivity contribution >= 4 is 5.78 Å². The van der Waals surface area contributed by atoms with Crippen molar-refractivity contribution in [2.75, 3.05) is 0 Å². The van der Waals surface area contributed by atoms with Gasteiger partial charge in [-0.15, -0.1) is 0 Å². The summed E-state index contributed by atoms with van der Waals surface area (Å²) in [7, 11) is 0. The minimum absolute atomic E-state index is 0.0105. The molecule has 2 rings (SSSR count). The smallest absolute Gasteiger partial charge is 0.174 e. The second-order valence-corrected chi connectivity index (χ2v) is 4.38. The summed E-state index contributed by atoms with van der Waals surface area (Å²) in [6.45, 7) is 2.43. The number of rotatable bonds is 5. The highest BCUT2D eigenvalue weighted by Gasteiger charge is 2.23. The van der Waals surface area contributed by atoms with Crippen LogP contribution in [0.5, 0.6) is 0 Å². The van der Waals surface area contributed by atoms with E-state index in [1.807, 2.05) is 55.5 Å². The van der Waals surface area contributed by atoms with E-state index in [1.165, 1.54) is 0 Å². The van der Waals surface area contributed by atoms with Crippen molar-refractivity contribution < 1.29 is 9.53 Å². The number of ether oxygens (including phenoxy) is 1. The summed E-state index contributed by atoms with van der Waals surface area (Å²) in [5.41, 5.74) is 1.10. The fraction of sp³-hybridized carbons (Fsp3) is 0.235. The highest BCUT2D eigenvalue weighted by atomic mass is 16.5. The standard InChI is InChI=1S/C17H17O2/c1-2-3-10-15-16(18)11-7-12-17(15)19-13-14-8-5-4-6-9-14/h2-9,12,15H,10,13H2,1H3. The van der Waals surface area contributed by atoms with Crippen LogP contribution in [-0.2, 0) is 16.1 Å². The van der Waals surface area contributed by atoms with Crippen molar-refractivity contribution in [2.24, 2.45) is 5.92 Å². The van der Waals surface area contributed by atoms with Gasteiger partial charge in [0.25, 0.3) is 0 Å². The number of Topliss-reactive ketones (excluding diaryl/α,β-unsaturated/α-hetero) is 1. The molecule has 0 aliphatic heterocycles. The van der Waals surface area contributed by atoms with Crippen LogP contribution in [-0.4, -0.2) is 5.78 Å². The van der Waals surface area contributed by atoms with E-state index < -0.39 is 0 Å². The molecule has 0 bridgehead atoms. The van der Waals surface area contributed by atoms with Gasteiger partial charge >= 0.3 is 0 Å². The van der Waals surface area contributed by atoms with Crippen molar-refractivity contribution in [2.45, 2.75) is 20.0 Å². The largest absolute Gasteiger partial charge is 0.492 e. The zero-order valence-corrected chi connectivity index (χ0v) is 11.0. The number of ketones is 1. The zero-order valence-electron chi connectivity index (χ0n) is 11.0. The molecule has 0 saturated carbocycles. The summed E-state index contributed by atoms with van der Waals surface area (Å²) in [5.74, 6) is 0.485. The highest BCUT2D eigenvalue weighted by molar-refractivity contribution is 5.91. The molecule has 0 heterocycles. The van der Waals surface area contributed by atoms with Crippen molar-refractivity contribution in [1.29, 1.82) is 0 Å². The fourth-order valence-electron chi connectivity index (χ4n) is 1.94. The van der Waals surface area contributed by atoms with E-state index in [0.29, 0.717) is 13.0 Å². The quantitative estimate of drug-likeness (QED) is 0.749. The zero-order chi connectivity index (χ0) is 13.5. The Morgan fingerprint density at radius 3 is 2.84 bits per heavy atom. The summed E-state index contributed by atoms with van der Waals surface area (Å²) >= 11 is 0. The molecule has 0 spiro atoms. The first-order chi connectivity index (χ1) is 9.31. The van der Waals surface area contributed by atoms with Gasteiger partial charge in [-0.25, -0.2) is 0 Å². The van der Waals surface area contributed by atoms with Crippen molar-refractivity contribution in [3.05, 3.63) is 72.0 Å². The van der Waals surface area contributed by atoms with E-state index in [2.05, 4.69) is 6.08 Å². The van der Waals surface area contributed by atoms with Crippen LogP contribution in [0.2, 0.25) is 0 Å². The van der Waals surface area contributed by atoms with Gasteiger partial charge in [-0.3, -0.25) is 4.79 Å². The highest BCUT2D eigenvalue weighted by Crippen LogP contribution is 2.23. The first kappa shape index (κ1) is 13.3. The van der Waals surface area contributed by atoms with Crippen LogP contribution in [0.15, 0.2) is 60.4 Å². The van der Waals surface area contributed by atoms with Gasteiger partial charge in [-0.1, -0.05) is 42.5 Å². The molecule has 0 fully saturated rings. The van der Waals surface area contributed by atoms with Crippen LogP contribution in [0, 0.1) is 12.0 Å². The molecule has 1 aromatic carbocycles. The molecule has 1 aromatic rings. The maximum Gasteiger partial charge on any atom is 0.174 e. The SMILES string of the molecule is CC=CCC1C(=O)[C]=CC=C1OCc1ccccc1. The van der Waals surface area contributed by atoms with Gasteiger partial charge in [-0.2, -0.15) is 0 Å². The predicted octanol–water partition coefficient (Wildman–Crippen LogP) is 3.61. The molecule has 0 aromatic heterocycles. The Morgan fingerprint density at radius 2 is 2.11 bits per heavy atom. The Labute approximate surface area is 114 Å². The van der Waals surface area contributed by atoms with Crippen molar-refractivity contribution in [3.63, 3.8) is 0 Å². The van der Waals surface area contributed by atoms with Crippen LogP contribution in [0.3, 0.4) is 0 Å². The van der Waals surface area contributed by atoms with E-state index in [4.69, 9.17) is 4.74 Å². The summed E-state index contributed by atoms with van der Waals surface area (Å²) in [6.07, 6.45) is 10.8. The van der Waals surface area contributed by atoms with Crippen LogP contribution < -0.4 is 0 Å². The van der Waals surface area contributed by atoms with Gasteiger partial charge in [0.15, 0.2) is 5.78 Å². The lowest BCUT2D eigenvalue weighted by molar-refractivity contribution is -0.119. The molecule has 1 atom stereocenters. The predicted molar refractivity (Wildman–Crippen MR) is 75.1 cm³/mol. The Kier molecular flexibility index (Phi) is 4.73. The van der Waals surface area contributed by atoms with Crippen LogP contribution >= 0.6 is 0 Å². The van der Waals surface area contributed by atoms with Crippen molar-refractivity contribution in [1.82, 2.24) is 0 Å². The maximum absolute atomic E-state index is 11.8. The molecular formula is C17H17O2. The summed E-state index contributed by atoms with van der Waals surface area (Å²) in [5, 5.41) is 0. The molecule has 1 unspecified atom stereocenters. The Balaban J connectivity index is 2.02. The lowest BCUT2D eigenvalue weighted by atomic mass is 9.93. The van der Waals surface area contributed by atoms with Crippen molar-refractivity contribution in [3.8, 4) is 0 Å². The van der Waals surface area contributed by atoms with Gasteiger partial charge in [0.2, 0.25) is 0 Å². The third-order valence-corrected chi connectivity index (χ3v) is 2.99. The maximum atomic E-state index is 11.8. The van der Waals surface area contributed by atoms with Gasteiger partial charge < -0.3 is 4.74 Å². The minimum Gasteiger partial charge on any atom is -0.492 e. The molecular weight excluding hydrogens is 236 g/mol. The fourth-order valence-corrected chi connectivity index (χ4v) is 1.94. The summed E-state index contributed by atoms with van der Waals surface area (Å²) < 4.78 is 5.78. The third-order valence-electron chi connectivity index (χ3n) is 2.99. The first-order valence-corrected chi connectivity index (χ1v) is 6.43. The molecule has 0 amide bonds. The van der Waals surface area contributed by atoms with E-state index in [1.54, 1.807) is 6.08 Å². The second kappa shape index (κ2) is 6.74. The number of carbonyl (C=O) groups is 1. The molecule has 97 valence electrons. The summed E-state index contributed by atoms with van der Waals surface area (Å²) in [6, 6.07) is 9.94. The van der Waals surface area contributed by atoms with Gasteiger partial charge in [0.1, 0.15) is 12.4 Å². The monoisotopic (exact) mass is 253 g/mol. The Hall–Kier alpha value is -2.09.